The predicted octanol–water partition coefficient (Wildman–Crippen LogP) is 2.39. The van der Waals surface area contributed by atoms with Gasteiger partial charge in [0.15, 0.2) is 0 Å². The number of aromatic nitrogens is 2. The molecule has 1 atom stereocenters. The van der Waals surface area contributed by atoms with E-state index >= 15 is 0 Å². The molecule has 0 aliphatic rings. The zero-order valence-corrected chi connectivity index (χ0v) is 17.7. The van der Waals surface area contributed by atoms with Gasteiger partial charge in [-0.2, -0.15) is 0 Å². The second-order valence-corrected chi connectivity index (χ2v) is 8.92. The Morgan fingerprint density at radius 1 is 1.28 bits per heavy atom. The highest BCUT2D eigenvalue weighted by atomic mass is 32.2. The van der Waals surface area contributed by atoms with E-state index in [9.17, 15) is 19.5 Å². The summed E-state index contributed by atoms with van der Waals surface area (Å²) in [6.07, 6.45) is 0. The Balaban J connectivity index is 1.58. The van der Waals surface area contributed by atoms with Gasteiger partial charge < -0.3 is 10.1 Å². The van der Waals surface area contributed by atoms with Crippen LogP contribution >= 0.6 is 23.1 Å². The lowest BCUT2D eigenvalue weighted by molar-refractivity contribution is -0.121. The summed E-state index contributed by atoms with van der Waals surface area (Å²) in [5.41, 5.74) is 5.43. The van der Waals surface area contributed by atoms with Gasteiger partial charge in [-0.1, -0.05) is 12.1 Å². The molecule has 3 rings (SSSR count). The molecule has 0 aliphatic carbocycles. The Morgan fingerprint density at radius 3 is 2.72 bits per heavy atom. The third-order valence-electron chi connectivity index (χ3n) is 4.38. The van der Waals surface area contributed by atoms with Gasteiger partial charge in [0.1, 0.15) is 16.4 Å². The summed E-state index contributed by atoms with van der Waals surface area (Å²) in [5, 5.41) is 9.77. The molecular weight excluding hydrogens is 412 g/mol. The number of phenolic OH excluding ortho intramolecular Hbond substituents is 1. The first-order valence-corrected chi connectivity index (χ1v) is 10.6. The summed E-state index contributed by atoms with van der Waals surface area (Å²) in [6.45, 7) is 5.53. The summed E-state index contributed by atoms with van der Waals surface area (Å²) >= 11 is 2.75. The van der Waals surface area contributed by atoms with Crippen LogP contribution in [0, 0.1) is 13.8 Å². The molecule has 29 heavy (non-hydrogen) atoms. The van der Waals surface area contributed by atoms with Crippen LogP contribution in [0.3, 0.4) is 0 Å². The Hall–Kier alpha value is -2.85. The number of carbonyl (C=O) groups excluding carboxylic acids is 2. The maximum Gasteiger partial charge on any atom is 0.273 e. The van der Waals surface area contributed by atoms with Crippen molar-refractivity contribution < 1.29 is 14.7 Å². The lowest BCUT2D eigenvalue weighted by Crippen LogP contribution is -2.45. The number of nitrogens with zero attached hydrogens (tertiary/aromatic N) is 1. The Bertz CT molecular complexity index is 1140. The van der Waals surface area contributed by atoms with Gasteiger partial charge in [0.2, 0.25) is 0 Å². The summed E-state index contributed by atoms with van der Waals surface area (Å²) in [6, 6.07) is 6.03. The van der Waals surface area contributed by atoms with Crippen molar-refractivity contribution in [2.45, 2.75) is 31.8 Å². The Morgan fingerprint density at radius 2 is 2.00 bits per heavy atom. The molecule has 152 valence electrons. The summed E-state index contributed by atoms with van der Waals surface area (Å²) in [4.78, 5) is 45.5. The van der Waals surface area contributed by atoms with E-state index in [1.807, 2.05) is 13.8 Å². The van der Waals surface area contributed by atoms with Crippen LogP contribution in [0.15, 0.2) is 29.1 Å². The molecule has 0 unspecified atom stereocenters. The van der Waals surface area contributed by atoms with Crippen molar-refractivity contribution >= 4 is 45.1 Å². The molecule has 0 bridgehead atoms. The molecule has 0 saturated heterocycles. The number of para-hydroxylation sites is 1. The zero-order valence-electron chi connectivity index (χ0n) is 16.0. The van der Waals surface area contributed by atoms with Crippen molar-refractivity contribution in [3.8, 4) is 5.75 Å². The predicted molar refractivity (Wildman–Crippen MR) is 114 cm³/mol. The van der Waals surface area contributed by atoms with Gasteiger partial charge in [0.05, 0.1) is 22.0 Å². The molecule has 0 radical (unpaired) electrons. The molecule has 1 aromatic carbocycles. The first-order chi connectivity index (χ1) is 13.8. The number of amides is 2. The molecule has 2 aromatic heterocycles. The fourth-order valence-corrected chi connectivity index (χ4v) is 4.40. The number of aromatic amines is 1. The maximum atomic E-state index is 12.3. The normalized spacial score (nSPS) is 12.0. The van der Waals surface area contributed by atoms with Crippen LogP contribution in [-0.2, 0) is 10.5 Å². The van der Waals surface area contributed by atoms with Crippen LogP contribution in [0.25, 0.3) is 10.2 Å². The Labute approximate surface area is 174 Å². The van der Waals surface area contributed by atoms with E-state index in [2.05, 4.69) is 20.8 Å². The van der Waals surface area contributed by atoms with Crippen molar-refractivity contribution in [1.29, 1.82) is 0 Å². The van der Waals surface area contributed by atoms with Gasteiger partial charge >= 0.3 is 0 Å². The van der Waals surface area contributed by atoms with Crippen molar-refractivity contribution in [2.24, 2.45) is 0 Å². The molecule has 0 spiro atoms. The smallest absolute Gasteiger partial charge is 0.273 e. The minimum absolute atomic E-state index is 0.0599. The number of rotatable bonds is 5. The molecule has 3 aromatic rings. The average molecular weight is 433 g/mol. The fraction of sp³-hybridized carbons (Fsp3) is 0.263. The lowest BCUT2D eigenvalue weighted by atomic mass is 10.2. The van der Waals surface area contributed by atoms with Crippen LogP contribution in [-0.4, -0.2) is 32.1 Å². The summed E-state index contributed by atoms with van der Waals surface area (Å²) in [5.74, 6) is -0.375. The van der Waals surface area contributed by atoms with Gasteiger partial charge in [0.25, 0.3) is 17.4 Å². The SMILES string of the molecule is Cc1sc2nc(CS[C@H](C)C(=O)NNC(=O)c3ccccc3O)[nH]c(=O)c2c1C. The van der Waals surface area contributed by atoms with Gasteiger partial charge in [-0.05, 0) is 38.5 Å². The van der Waals surface area contributed by atoms with E-state index < -0.39 is 17.1 Å². The highest BCUT2D eigenvalue weighted by Crippen LogP contribution is 2.26. The van der Waals surface area contributed by atoms with Crippen LogP contribution in [0.2, 0.25) is 0 Å². The number of aromatic hydroxyl groups is 1. The number of thioether (sulfide) groups is 1. The fourth-order valence-electron chi connectivity index (χ4n) is 2.60. The molecule has 2 heterocycles. The van der Waals surface area contributed by atoms with E-state index in [0.29, 0.717) is 21.8 Å². The molecule has 8 nitrogen and oxygen atoms in total. The van der Waals surface area contributed by atoms with E-state index in [1.165, 1.54) is 35.2 Å². The number of nitrogens with one attached hydrogen (secondary N) is 3. The van der Waals surface area contributed by atoms with Crippen molar-refractivity contribution in [3.05, 3.63) is 56.4 Å². The Kier molecular flexibility index (Phi) is 6.23. The molecule has 0 fully saturated rings. The quantitative estimate of drug-likeness (QED) is 0.459. The molecule has 0 aliphatic heterocycles. The number of thiophene rings is 1. The number of phenols is 1. The summed E-state index contributed by atoms with van der Waals surface area (Å²) < 4.78 is 0. The number of benzene rings is 1. The monoisotopic (exact) mass is 432 g/mol. The van der Waals surface area contributed by atoms with Crippen molar-refractivity contribution in [2.75, 3.05) is 0 Å². The van der Waals surface area contributed by atoms with Crippen LogP contribution in [0.1, 0.15) is 33.5 Å². The van der Waals surface area contributed by atoms with Gasteiger partial charge in [-0.15, -0.1) is 23.1 Å². The second-order valence-electron chi connectivity index (χ2n) is 6.39. The highest BCUT2D eigenvalue weighted by molar-refractivity contribution is 7.99. The lowest BCUT2D eigenvalue weighted by Gasteiger charge is -2.13. The largest absolute Gasteiger partial charge is 0.507 e. The number of hydrazine groups is 1. The number of fused-ring (bicyclic) bond motifs is 1. The molecule has 0 saturated carbocycles. The minimum Gasteiger partial charge on any atom is -0.507 e. The van der Waals surface area contributed by atoms with Crippen LogP contribution in [0.5, 0.6) is 5.75 Å². The highest BCUT2D eigenvalue weighted by Gasteiger charge is 2.17. The third kappa shape index (κ3) is 4.60. The van der Waals surface area contributed by atoms with Gasteiger partial charge in [-0.25, -0.2) is 4.98 Å². The van der Waals surface area contributed by atoms with Crippen LogP contribution < -0.4 is 16.4 Å². The topological polar surface area (TPSA) is 124 Å². The minimum atomic E-state index is -0.617. The number of aryl methyl sites for hydroxylation is 2. The van der Waals surface area contributed by atoms with E-state index in [0.717, 1.165) is 10.4 Å². The van der Waals surface area contributed by atoms with E-state index in [1.54, 1.807) is 19.1 Å². The van der Waals surface area contributed by atoms with Crippen molar-refractivity contribution in [3.63, 3.8) is 0 Å². The number of hydrogen-bond donors (Lipinski definition) is 4. The zero-order chi connectivity index (χ0) is 21.1. The van der Waals surface area contributed by atoms with Crippen molar-refractivity contribution in [1.82, 2.24) is 20.8 Å². The average Bonchev–Trinajstić information content (AvgIpc) is 2.98. The number of hydrogen-bond acceptors (Lipinski definition) is 7. The van der Waals surface area contributed by atoms with Crippen LogP contribution in [0.4, 0.5) is 0 Å². The molecule has 4 N–H and O–H groups in total. The molecular formula is C19H20N4O4S2. The first-order valence-electron chi connectivity index (χ1n) is 8.76. The first kappa shape index (κ1) is 20.9. The standard InChI is InChI=1S/C19H20N4O4S2/c1-9-10(2)29-19-15(9)18(27)20-14(21-19)8-28-11(3)16(25)22-23-17(26)12-6-4-5-7-13(12)24/h4-7,11,24H,8H2,1-3H3,(H,22,25)(H,23,26)(H,20,21,27)/t11-/m1/s1. The van der Waals surface area contributed by atoms with Gasteiger partial charge in [-0.3, -0.25) is 25.2 Å². The van der Waals surface area contributed by atoms with Gasteiger partial charge in [0, 0.05) is 4.88 Å². The summed E-state index contributed by atoms with van der Waals surface area (Å²) in [7, 11) is 0. The van der Waals surface area contributed by atoms with E-state index in [4.69, 9.17) is 0 Å². The maximum absolute atomic E-state index is 12.3. The molecule has 2 amide bonds. The third-order valence-corrected chi connectivity index (χ3v) is 6.63. The number of H-pyrrole nitrogens is 1. The van der Waals surface area contributed by atoms with E-state index in [-0.39, 0.29) is 16.9 Å². The second kappa shape index (κ2) is 8.66. The molecule has 10 heteroatoms. The number of carbonyl (C=O) groups is 2.